The van der Waals surface area contributed by atoms with E-state index in [4.69, 9.17) is 14.5 Å². The molecule has 6 aliphatic rings. The second-order valence-corrected chi connectivity index (χ2v) is 18.5. The van der Waals surface area contributed by atoms with Gasteiger partial charge >= 0.3 is 5.69 Å². The maximum atomic E-state index is 14.3. The van der Waals surface area contributed by atoms with Crippen LogP contribution in [0.25, 0.3) is 16.7 Å². The van der Waals surface area contributed by atoms with E-state index in [2.05, 4.69) is 36.7 Å². The predicted molar refractivity (Wildman–Crippen MR) is 225 cm³/mol. The zero-order valence-corrected chi connectivity index (χ0v) is 35.1. The van der Waals surface area contributed by atoms with E-state index in [0.29, 0.717) is 43.0 Å². The highest BCUT2D eigenvalue weighted by Crippen LogP contribution is 2.45. The van der Waals surface area contributed by atoms with Crippen molar-refractivity contribution in [2.24, 2.45) is 18.9 Å². The summed E-state index contributed by atoms with van der Waals surface area (Å²) in [5.74, 6) is 0.665. The molecule has 4 aromatic heterocycles. The minimum absolute atomic E-state index is 0.00305. The minimum atomic E-state index is -2.86. The number of rotatable bonds is 12. The van der Waals surface area contributed by atoms with E-state index in [1.165, 1.54) is 10.7 Å². The highest BCUT2D eigenvalue weighted by Gasteiger charge is 2.41. The number of imidazole rings is 1. The Labute approximate surface area is 360 Å². The van der Waals surface area contributed by atoms with E-state index < -0.39 is 30.0 Å². The first-order valence-corrected chi connectivity index (χ1v) is 22.3. The number of hydrogen-bond acceptors (Lipinski definition) is 11. The first-order valence-electron chi connectivity index (χ1n) is 22.3. The number of para-hydroxylation sites is 1. The number of amides is 3. The van der Waals surface area contributed by atoms with Crippen LogP contribution in [0.4, 0.5) is 20.3 Å². The molecule has 2 aliphatic carbocycles. The molecule has 63 heavy (non-hydrogen) atoms. The van der Waals surface area contributed by atoms with Crippen molar-refractivity contribution in [3.05, 3.63) is 70.2 Å². The topological polar surface area (TPSA) is 175 Å². The molecule has 5 aromatic rings. The molecular formula is C44H51F2N11O6. The molecule has 3 atom stereocenters. The van der Waals surface area contributed by atoms with E-state index >= 15 is 0 Å². The number of nitrogens with one attached hydrogen (secondary N) is 2. The van der Waals surface area contributed by atoms with Crippen LogP contribution in [0.3, 0.4) is 0 Å². The average Bonchev–Trinajstić information content (AvgIpc) is 4.09. The molecule has 2 saturated carbocycles. The Hall–Kier alpha value is -5.53. The lowest BCUT2D eigenvalue weighted by atomic mass is 9.71. The largest absolute Gasteiger partial charge is 0.375 e. The number of aryl methyl sites for hydroxylation is 1. The molecule has 4 saturated heterocycles. The summed E-state index contributed by atoms with van der Waals surface area (Å²) in [6.45, 7) is 4.84. The van der Waals surface area contributed by atoms with E-state index in [-0.39, 0.29) is 53.6 Å². The molecule has 1 unspecified atom stereocenters. The highest BCUT2D eigenvalue weighted by atomic mass is 19.3. The molecule has 0 spiro atoms. The lowest BCUT2D eigenvalue weighted by Gasteiger charge is -2.43. The van der Waals surface area contributed by atoms with Gasteiger partial charge < -0.3 is 19.7 Å². The van der Waals surface area contributed by atoms with Crippen molar-refractivity contribution in [1.29, 1.82) is 0 Å². The Morgan fingerprint density at radius 3 is 2.59 bits per heavy atom. The van der Waals surface area contributed by atoms with Crippen LogP contribution >= 0.6 is 0 Å². The Kier molecular flexibility index (Phi) is 10.2. The minimum Gasteiger partial charge on any atom is -0.375 e. The van der Waals surface area contributed by atoms with Crippen molar-refractivity contribution in [1.82, 2.24) is 43.7 Å². The number of carbonyl (C=O) groups excluding carboxylic acids is 3. The monoisotopic (exact) mass is 867 g/mol. The summed E-state index contributed by atoms with van der Waals surface area (Å²) in [6, 6.07) is 7.28. The summed E-state index contributed by atoms with van der Waals surface area (Å²) in [5, 5.41) is 13.6. The van der Waals surface area contributed by atoms with Gasteiger partial charge in [0.1, 0.15) is 17.4 Å². The van der Waals surface area contributed by atoms with Gasteiger partial charge in [0.15, 0.2) is 11.3 Å². The SMILES string of the molecule is Cn1c(=O)n(C2CCC(=O)NC2=O)c2cccc(C3CC(COC4CN(CC5CCC(n6cc(NC(=O)c7cnn8ccc(N9C[C@H]%10C[C@@H]9CO%10)nc78)c(C(F)F)n6)CC5)C4)C3)c21. The Bertz CT molecular complexity index is 2650. The first kappa shape index (κ1) is 40.3. The molecule has 3 amide bonds. The normalized spacial score (nSPS) is 27.7. The first-order chi connectivity index (χ1) is 30.5. The van der Waals surface area contributed by atoms with Gasteiger partial charge in [-0.3, -0.25) is 38.4 Å². The van der Waals surface area contributed by atoms with Gasteiger partial charge in [0, 0.05) is 58.6 Å². The summed E-state index contributed by atoms with van der Waals surface area (Å²) in [4.78, 5) is 60.7. The zero-order valence-electron chi connectivity index (χ0n) is 35.1. The number of carbonyl (C=O) groups is 3. The van der Waals surface area contributed by atoms with Crippen molar-refractivity contribution in [2.75, 3.05) is 49.6 Å². The van der Waals surface area contributed by atoms with Crippen LogP contribution in [0.5, 0.6) is 0 Å². The van der Waals surface area contributed by atoms with E-state index in [9.17, 15) is 28.0 Å². The standard InChI is InChI=1S/C44H51F2N11O6/c1-52-39-31(3-2-4-34(39)57(44(52)61)35-9-10-37(58)50-43(35)60)26-13-25(14-26)22-62-30-18-53(19-30)17-24-5-7-27(8-6-24)56-21-33(38(51-56)40(45)46)48-42(59)32-16-47-55-12-11-36(49-41(32)55)54-20-29-15-28(54)23-63-29/h2-4,11-12,16,21,24-30,35,40H,5-10,13-15,17-20,22-23H2,1H3,(H,48,59)(H,50,58,60)/t24?,25?,26?,27?,28-,29-,35?/m1/s1. The van der Waals surface area contributed by atoms with Crippen molar-refractivity contribution in [3.8, 4) is 0 Å². The maximum absolute atomic E-state index is 14.3. The van der Waals surface area contributed by atoms with E-state index in [0.717, 1.165) is 93.5 Å². The zero-order chi connectivity index (χ0) is 43.1. The summed E-state index contributed by atoms with van der Waals surface area (Å²) in [6.07, 6.45) is 9.17. The van der Waals surface area contributed by atoms with Gasteiger partial charge in [0.25, 0.3) is 12.3 Å². The summed E-state index contributed by atoms with van der Waals surface area (Å²) in [5.41, 5.74) is 2.54. The third kappa shape index (κ3) is 7.30. The average molecular weight is 868 g/mol. The van der Waals surface area contributed by atoms with Crippen molar-refractivity contribution in [3.63, 3.8) is 0 Å². The van der Waals surface area contributed by atoms with Crippen LogP contribution < -0.4 is 21.2 Å². The van der Waals surface area contributed by atoms with Crippen molar-refractivity contribution in [2.45, 2.75) is 100 Å². The number of anilines is 2. The molecule has 6 fully saturated rings. The van der Waals surface area contributed by atoms with Crippen molar-refractivity contribution >= 4 is 45.9 Å². The molecule has 4 aliphatic heterocycles. The number of likely N-dealkylation sites (tertiary alicyclic amines) is 1. The van der Waals surface area contributed by atoms with Gasteiger partial charge in [-0.1, -0.05) is 12.1 Å². The fraction of sp³-hybridized carbons (Fsp3) is 0.568. The number of fused-ring (bicyclic) bond motifs is 4. The number of piperidine rings is 1. The van der Waals surface area contributed by atoms with E-state index in [1.807, 2.05) is 18.2 Å². The van der Waals surface area contributed by atoms with Gasteiger partial charge in [-0.2, -0.15) is 10.2 Å². The van der Waals surface area contributed by atoms with Gasteiger partial charge in [-0.15, -0.1) is 0 Å². The molecule has 11 rings (SSSR count). The maximum Gasteiger partial charge on any atom is 0.329 e. The molecule has 17 nitrogen and oxygen atoms in total. The quantitative estimate of drug-likeness (QED) is 0.171. The number of benzene rings is 1. The molecular weight excluding hydrogens is 817 g/mol. The highest BCUT2D eigenvalue weighted by molar-refractivity contribution is 6.08. The molecule has 1 aromatic carbocycles. The Balaban J connectivity index is 0.641. The van der Waals surface area contributed by atoms with Crippen LogP contribution in [-0.2, 0) is 26.1 Å². The Morgan fingerprint density at radius 2 is 1.84 bits per heavy atom. The summed E-state index contributed by atoms with van der Waals surface area (Å²) < 4.78 is 46.9. The van der Waals surface area contributed by atoms with Crippen LogP contribution in [0.15, 0.2) is 47.7 Å². The lowest BCUT2D eigenvalue weighted by Crippen LogP contribution is -2.54. The van der Waals surface area contributed by atoms with Crippen LogP contribution in [0.2, 0.25) is 0 Å². The summed E-state index contributed by atoms with van der Waals surface area (Å²) in [7, 11) is 1.75. The number of morpholine rings is 1. The van der Waals surface area contributed by atoms with Gasteiger partial charge in [0.05, 0.1) is 53.8 Å². The molecule has 332 valence electrons. The number of alkyl halides is 2. The third-order valence-corrected chi connectivity index (χ3v) is 14.5. The smallest absolute Gasteiger partial charge is 0.329 e. The molecule has 2 N–H and O–H groups in total. The van der Waals surface area contributed by atoms with Crippen LogP contribution in [0.1, 0.15) is 104 Å². The Morgan fingerprint density at radius 1 is 1.02 bits per heavy atom. The fourth-order valence-electron chi connectivity index (χ4n) is 11.1. The number of nitrogens with zero attached hydrogens (tertiary/aromatic N) is 9. The van der Waals surface area contributed by atoms with Gasteiger partial charge in [-0.25, -0.2) is 23.1 Å². The number of hydrogen-bond donors (Lipinski definition) is 2. The second kappa shape index (κ2) is 15.9. The number of imide groups is 1. The van der Waals surface area contributed by atoms with Crippen LogP contribution in [0, 0.1) is 11.8 Å². The molecule has 2 bridgehead atoms. The molecule has 19 heteroatoms. The number of aromatic nitrogens is 7. The fourth-order valence-corrected chi connectivity index (χ4v) is 11.1. The van der Waals surface area contributed by atoms with Crippen LogP contribution in [-0.4, -0.2) is 114 Å². The summed E-state index contributed by atoms with van der Waals surface area (Å²) >= 11 is 0. The second-order valence-electron chi connectivity index (χ2n) is 18.5. The van der Waals surface area contributed by atoms with Gasteiger partial charge in [0.2, 0.25) is 11.8 Å². The van der Waals surface area contributed by atoms with Crippen molar-refractivity contribution < 1.29 is 32.6 Å². The molecule has 8 heterocycles. The van der Waals surface area contributed by atoms with E-state index in [1.54, 1.807) is 33.3 Å². The molecule has 0 radical (unpaired) electrons. The third-order valence-electron chi connectivity index (χ3n) is 14.5. The number of ether oxygens (including phenoxy) is 2. The predicted octanol–water partition coefficient (Wildman–Crippen LogP) is 4.35. The number of halogens is 2. The lowest BCUT2D eigenvalue weighted by molar-refractivity contribution is -0.135. The van der Waals surface area contributed by atoms with Gasteiger partial charge in [-0.05, 0) is 86.8 Å².